The molecule has 0 bridgehead atoms. The van der Waals surface area contributed by atoms with Gasteiger partial charge in [-0.2, -0.15) is 15.9 Å². The van der Waals surface area contributed by atoms with E-state index in [1.807, 2.05) is 29.2 Å². The first kappa shape index (κ1) is 26.3. The van der Waals surface area contributed by atoms with Crippen LogP contribution in [0.4, 0.5) is 18.9 Å². The molecule has 3 atom stereocenters. The van der Waals surface area contributed by atoms with Crippen molar-refractivity contribution in [2.24, 2.45) is 5.92 Å². The molecule has 5 rings (SSSR count). The van der Waals surface area contributed by atoms with Crippen LogP contribution in [0, 0.1) is 17.2 Å². The molecule has 2 saturated carbocycles. The van der Waals surface area contributed by atoms with Crippen LogP contribution in [0.3, 0.4) is 0 Å². The summed E-state index contributed by atoms with van der Waals surface area (Å²) < 4.78 is 61.6. The Morgan fingerprint density at radius 2 is 1.89 bits per heavy atom. The summed E-state index contributed by atoms with van der Waals surface area (Å²) in [5, 5.41) is 11.8. The first-order chi connectivity index (χ1) is 17.6. The highest BCUT2D eigenvalue weighted by Crippen LogP contribution is 2.47. The van der Waals surface area contributed by atoms with Crippen LogP contribution >= 0.6 is 21.9 Å². The summed E-state index contributed by atoms with van der Waals surface area (Å²) >= 11 is 0.885. The summed E-state index contributed by atoms with van der Waals surface area (Å²) in [6, 6.07) is 9.48. The Morgan fingerprint density at radius 3 is 2.49 bits per heavy atom. The number of benzene rings is 1. The van der Waals surface area contributed by atoms with E-state index in [2.05, 4.69) is 16.4 Å². The van der Waals surface area contributed by atoms with Crippen molar-refractivity contribution in [3.8, 4) is 16.5 Å². The number of nitriles is 1. The molecule has 2 heterocycles. The molecule has 3 aliphatic rings. The van der Waals surface area contributed by atoms with Crippen LogP contribution in [0.5, 0.6) is 0 Å². The maximum absolute atomic E-state index is 14.4. The second kappa shape index (κ2) is 10.1. The Labute approximate surface area is 219 Å². The quantitative estimate of drug-likeness (QED) is 0.422. The Balaban J connectivity index is 1.43. The van der Waals surface area contributed by atoms with Gasteiger partial charge in [0.25, 0.3) is 6.43 Å². The third-order valence-electron chi connectivity index (χ3n) is 7.53. The standard InChI is InChI=1S/C25H29F3N4O3S2/c26-16-3-6-18(19(13-16)23(33)31-25(14-29)7-8-25)20-21(36-24(30-20)22(27)28)15-1-4-17(5-2-15)32-9-11-37(34,35)12-10-32/h1-2,4-5,16,18-19,22,34-35H,3,6-13H2,(H,31,33)/t16-,18+,19+/m0/s1. The summed E-state index contributed by atoms with van der Waals surface area (Å²) in [7, 11) is -2.52. The topological polar surface area (TPSA) is 109 Å². The summed E-state index contributed by atoms with van der Waals surface area (Å²) in [4.78, 5) is 20.0. The van der Waals surface area contributed by atoms with Crippen molar-refractivity contribution in [2.45, 2.75) is 56.2 Å². The van der Waals surface area contributed by atoms with Crippen LogP contribution in [0.2, 0.25) is 0 Å². The van der Waals surface area contributed by atoms with Gasteiger partial charge in [0.1, 0.15) is 11.7 Å². The van der Waals surface area contributed by atoms with E-state index in [9.17, 15) is 32.3 Å². The van der Waals surface area contributed by atoms with Crippen LogP contribution in [0.15, 0.2) is 24.3 Å². The largest absolute Gasteiger partial charge is 0.368 e. The third-order valence-corrected chi connectivity index (χ3v) is 10.3. The fourth-order valence-corrected chi connectivity index (χ4v) is 7.39. The van der Waals surface area contributed by atoms with Crippen molar-refractivity contribution in [2.75, 3.05) is 29.5 Å². The van der Waals surface area contributed by atoms with Gasteiger partial charge >= 0.3 is 0 Å². The molecule has 1 aromatic carbocycles. The zero-order valence-corrected chi connectivity index (χ0v) is 21.7. The van der Waals surface area contributed by atoms with E-state index in [0.29, 0.717) is 60.0 Å². The number of carbonyl (C=O) groups excluding carboxylic acids is 1. The van der Waals surface area contributed by atoms with Gasteiger partial charge in [-0.05, 0) is 49.8 Å². The number of carbonyl (C=O) groups is 1. The van der Waals surface area contributed by atoms with E-state index in [1.165, 1.54) is 0 Å². The predicted octanol–water partition coefficient (Wildman–Crippen LogP) is 5.71. The van der Waals surface area contributed by atoms with E-state index >= 15 is 0 Å². The summed E-state index contributed by atoms with van der Waals surface area (Å²) in [5.74, 6) is -1.14. The number of rotatable bonds is 6. The second-order valence-corrected chi connectivity index (χ2v) is 13.6. The Kier molecular flexibility index (Phi) is 7.17. The lowest BCUT2D eigenvalue weighted by atomic mass is 9.75. The number of hydrogen-bond donors (Lipinski definition) is 3. The highest BCUT2D eigenvalue weighted by molar-refractivity contribution is 8.24. The lowest BCUT2D eigenvalue weighted by molar-refractivity contribution is -0.128. The molecule has 3 fully saturated rings. The molecule has 2 aromatic rings. The molecule has 1 saturated heterocycles. The number of anilines is 1. The molecule has 37 heavy (non-hydrogen) atoms. The van der Waals surface area contributed by atoms with E-state index in [4.69, 9.17) is 0 Å². The molecule has 0 unspecified atom stereocenters. The molecule has 7 nitrogen and oxygen atoms in total. The van der Waals surface area contributed by atoms with Crippen molar-refractivity contribution in [3.05, 3.63) is 35.0 Å². The van der Waals surface area contributed by atoms with E-state index in [1.54, 1.807) is 0 Å². The fourth-order valence-electron chi connectivity index (χ4n) is 5.16. The van der Waals surface area contributed by atoms with Gasteiger partial charge in [-0.25, -0.2) is 18.2 Å². The number of alkyl halides is 3. The Morgan fingerprint density at radius 1 is 1.22 bits per heavy atom. The van der Waals surface area contributed by atoms with Gasteiger partial charge in [-0.1, -0.05) is 12.1 Å². The van der Waals surface area contributed by atoms with Gasteiger partial charge in [-0.15, -0.1) is 11.3 Å². The van der Waals surface area contributed by atoms with E-state index in [-0.39, 0.29) is 17.8 Å². The molecule has 1 aromatic heterocycles. The molecule has 200 valence electrons. The molecule has 1 aliphatic heterocycles. The summed E-state index contributed by atoms with van der Waals surface area (Å²) in [5.41, 5.74) is 1.05. The minimum Gasteiger partial charge on any atom is -0.368 e. The average molecular weight is 555 g/mol. The highest BCUT2D eigenvalue weighted by atomic mass is 32.3. The minimum atomic E-state index is -2.78. The van der Waals surface area contributed by atoms with Crippen molar-refractivity contribution in [1.82, 2.24) is 10.3 Å². The summed E-state index contributed by atoms with van der Waals surface area (Å²) in [6.07, 6.45) is -2.38. The summed E-state index contributed by atoms with van der Waals surface area (Å²) in [6.45, 7) is 1.02. The van der Waals surface area contributed by atoms with Gasteiger partial charge in [-0.3, -0.25) is 13.9 Å². The van der Waals surface area contributed by atoms with Crippen molar-refractivity contribution >= 4 is 33.5 Å². The zero-order valence-electron chi connectivity index (χ0n) is 20.1. The van der Waals surface area contributed by atoms with Crippen LogP contribution in [-0.2, 0) is 4.79 Å². The SMILES string of the molecule is N#CC1(NC(=O)[C@@H]2C[C@@H](F)CC[C@H]2c2nc(C(F)F)sc2-c2ccc(N3CCS(O)(O)CC3)cc2)CC1. The van der Waals surface area contributed by atoms with Crippen molar-refractivity contribution < 1.29 is 27.1 Å². The Hall–Kier alpha value is -2.33. The number of nitrogens with zero attached hydrogens (tertiary/aromatic N) is 3. The van der Waals surface area contributed by atoms with Crippen LogP contribution in [0.1, 0.15) is 55.1 Å². The molecule has 1 amide bonds. The second-order valence-electron chi connectivity index (χ2n) is 10.1. The van der Waals surface area contributed by atoms with Crippen molar-refractivity contribution in [1.29, 1.82) is 5.26 Å². The Bertz CT molecular complexity index is 1190. The number of amides is 1. The van der Waals surface area contributed by atoms with Crippen LogP contribution < -0.4 is 10.2 Å². The van der Waals surface area contributed by atoms with Gasteiger partial charge < -0.3 is 10.2 Å². The molecular formula is C25H29F3N4O3S2. The maximum Gasteiger partial charge on any atom is 0.289 e. The number of halogens is 3. The monoisotopic (exact) mass is 554 g/mol. The number of thiazole rings is 1. The average Bonchev–Trinajstić information content (AvgIpc) is 3.50. The molecule has 3 N–H and O–H groups in total. The molecule has 2 aliphatic carbocycles. The third kappa shape index (κ3) is 5.60. The first-order valence-electron chi connectivity index (χ1n) is 12.3. The molecule has 12 heteroatoms. The maximum atomic E-state index is 14.4. The smallest absolute Gasteiger partial charge is 0.289 e. The number of aromatic nitrogens is 1. The van der Waals surface area contributed by atoms with Crippen LogP contribution in [-0.4, -0.2) is 56.3 Å². The number of nitrogens with one attached hydrogen (secondary N) is 1. The molecule has 0 radical (unpaired) electrons. The van der Waals surface area contributed by atoms with E-state index in [0.717, 1.165) is 17.0 Å². The molecule has 0 spiro atoms. The zero-order chi connectivity index (χ0) is 26.4. The highest BCUT2D eigenvalue weighted by Gasteiger charge is 2.48. The lowest BCUT2D eigenvalue weighted by Crippen LogP contribution is -2.44. The minimum absolute atomic E-state index is 0.0356. The van der Waals surface area contributed by atoms with Crippen molar-refractivity contribution in [3.63, 3.8) is 0 Å². The predicted molar refractivity (Wildman–Crippen MR) is 138 cm³/mol. The van der Waals surface area contributed by atoms with Gasteiger partial charge in [0.05, 0.1) is 28.1 Å². The first-order valence-corrected chi connectivity index (χ1v) is 15.0. The normalized spacial score (nSPS) is 27.4. The fraction of sp³-hybridized carbons (Fsp3) is 0.560. The lowest BCUT2D eigenvalue weighted by Gasteiger charge is -2.41. The van der Waals surface area contributed by atoms with Gasteiger partial charge in [0, 0.05) is 30.6 Å². The van der Waals surface area contributed by atoms with Gasteiger partial charge in [0.15, 0.2) is 5.01 Å². The van der Waals surface area contributed by atoms with Crippen LogP contribution in [0.25, 0.3) is 10.4 Å². The molecular weight excluding hydrogens is 525 g/mol. The van der Waals surface area contributed by atoms with E-state index < -0.39 is 46.5 Å². The van der Waals surface area contributed by atoms with Gasteiger partial charge in [0.2, 0.25) is 5.91 Å². The number of hydrogen-bond acceptors (Lipinski definition) is 7.